The maximum Gasteiger partial charge on any atom is 0.234 e. The van der Waals surface area contributed by atoms with E-state index in [1.807, 2.05) is 6.07 Å². The Labute approximate surface area is 327 Å². The van der Waals surface area contributed by atoms with E-state index in [0.717, 1.165) is 50.1 Å². The van der Waals surface area contributed by atoms with Crippen LogP contribution in [0.2, 0.25) is 0 Å². The minimum atomic E-state index is -0.395. The Hall–Kier alpha value is -7.70. The van der Waals surface area contributed by atoms with Gasteiger partial charge >= 0.3 is 0 Å². The lowest BCUT2D eigenvalue weighted by Gasteiger charge is -2.25. The highest BCUT2D eigenvalue weighted by atomic mass is 15.3. The fraction of sp³-hybridized carbons (Fsp3) is 0.0196. The molecular formula is C51H34N6. The fourth-order valence-electron chi connectivity index (χ4n) is 9.00. The van der Waals surface area contributed by atoms with Crippen LogP contribution in [0.1, 0.15) is 17.3 Å². The van der Waals surface area contributed by atoms with Gasteiger partial charge in [-0.05, 0) is 66.2 Å². The number of para-hydroxylation sites is 5. The number of rotatable bonds is 4. The van der Waals surface area contributed by atoms with Crippen LogP contribution in [0, 0.1) is 0 Å². The molecule has 1 unspecified atom stereocenters. The van der Waals surface area contributed by atoms with Crippen molar-refractivity contribution in [3.63, 3.8) is 0 Å². The Morgan fingerprint density at radius 1 is 0.368 bits per heavy atom. The molecule has 0 saturated heterocycles. The first-order valence-corrected chi connectivity index (χ1v) is 19.4. The van der Waals surface area contributed by atoms with Crippen LogP contribution in [-0.4, -0.2) is 25.5 Å². The maximum absolute atomic E-state index is 5.44. The van der Waals surface area contributed by atoms with E-state index in [4.69, 9.17) is 9.98 Å². The molecule has 4 heterocycles. The van der Waals surface area contributed by atoms with E-state index in [1.54, 1.807) is 0 Å². The standard InChI is InChI=1S/C51H34N6/c1-2-15-33(16-3-1)49-52-50(34-17-14-18-35(31-34)55-43-24-9-4-19-37(43)38-20-5-10-25-44(38)55)54-51(53-49)57-47-28-13-8-23-41(47)42-32-36(29-30-48(42)57)56-45-26-11-6-21-39(45)40-22-7-12-27-46(40)56/h1-32,50H,(H,52,53,54). The highest BCUT2D eigenvalue weighted by Crippen LogP contribution is 2.37. The van der Waals surface area contributed by atoms with Crippen molar-refractivity contribution in [1.82, 2.24) is 19.0 Å². The van der Waals surface area contributed by atoms with Crippen molar-refractivity contribution in [2.45, 2.75) is 6.17 Å². The summed E-state index contributed by atoms with van der Waals surface area (Å²) in [7, 11) is 0. The molecule has 8 aromatic carbocycles. The van der Waals surface area contributed by atoms with Crippen molar-refractivity contribution in [1.29, 1.82) is 0 Å². The van der Waals surface area contributed by atoms with Gasteiger partial charge in [0.15, 0.2) is 0 Å². The van der Waals surface area contributed by atoms with E-state index >= 15 is 0 Å². The minimum absolute atomic E-state index is 0.395. The average Bonchev–Trinajstić information content (AvgIpc) is 3.92. The monoisotopic (exact) mass is 730 g/mol. The van der Waals surface area contributed by atoms with Crippen molar-refractivity contribution in [3.8, 4) is 11.4 Å². The van der Waals surface area contributed by atoms with Gasteiger partial charge in [-0.25, -0.2) is 4.99 Å². The van der Waals surface area contributed by atoms with Crippen molar-refractivity contribution in [2.75, 3.05) is 0 Å². The predicted octanol–water partition coefficient (Wildman–Crippen LogP) is 11.9. The zero-order chi connectivity index (χ0) is 37.5. The number of aliphatic imine (C=N–C) groups is 2. The van der Waals surface area contributed by atoms with Crippen LogP contribution in [0.5, 0.6) is 0 Å². The molecule has 57 heavy (non-hydrogen) atoms. The summed E-state index contributed by atoms with van der Waals surface area (Å²) in [6, 6.07) is 69.1. The Morgan fingerprint density at radius 2 is 0.825 bits per heavy atom. The molecule has 1 aliphatic rings. The SMILES string of the molecule is c1ccc(C2=NC(n3c4ccccc4c4cc(-n5c6ccccc6c6ccccc65)ccc43)=NC(c3cccc(-n4c5ccccc5c5ccccc54)c3)N2)cc1. The third-order valence-corrected chi connectivity index (χ3v) is 11.5. The maximum atomic E-state index is 5.44. The van der Waals surface area contributed by atoms with Crippen molar-refractivity contribution in [3.05, 3.63) is 205 Å². The quantitative estimate of drug-likeness (QED) is 0.193. The molecule has 0 radical (unpaired) electrons. The van der Waals surface area contributed by atoms with E-state index in [2.05, 4.69) is 207 Å². The van der Waals surface area contributed by atoms with Crippen LogP contribution in [-0.2, 0) is 0 Å². The second-order valence-corrected chi connectivity index (χ2v) is 14.7. The molecule has 1 aliphatic heterocycles. The van der Waals surface area contributed by atoms with Crippen molar-refractivity contribution < 1.29 is 0 Å². The van der Waals surface area contributed by atoms with Gasteiger partial charge in [-0.3, -0.25) is 4.57 Å². The smallest absolute Gasteiger partial charge is 0.234 e. The largest absolute Gasteiger partial charge is 0.344 e. The number of hydrogen-bond acceptors (Lipinski definition) is 3. The molecule has 0 bridgehead atoms. The van der Waals surface area contributed by atoms with Gasteiger partial charge in [0.1, 0.15) is 12.0 Å². The summed E-state index contributed by atoms with van der Waals surface area (Å²) in [6.07, 6.45) is -0.395. The van der Waals surface area contributed by atoms with E-state index in [0.29, 0.717) is 5.96 Å². The Bertz CT molecular complexity index is 3350. The molecular weight excluding hydrogens is 697 g/mol. The third-order valence-electron chi connectivity index (χ3n) is 11.5. The van der Waals surface area contributed by atoms with Crippen LogP contribution >= 0.6 is 0 Å². The average molecular weight is 731 g/mol. The molecule has 0 saturated carbocycles. The highest BCUT2D eigenvalue weighted by Gasteiger charge is 2.25. The molecule has 268 valence electrons. The van der Waals surface area contributed by atoms with Gasteiger partial charge in [-0.2, -0.15) is 4.99 Å². The van der Waals surface area contributed by atoms with Gasteiger partial charge in [0, 0.05) is 49.3 Å². The normalized spacial score (nSPS) is 14.5. The number of nitrogens with one attached hydrogen (secondary N) is 1. The van der Waals surface area contributed by atoms with Crippen molar-refractivity contribution >= 4 is 77.2 Å². The van der Waals surface area contributed by atoms with Crippen LogP contribution < -0.4 is 5.32 Å². The second kappa shape index (κ2) is 12.4. The number of benzene rings is 8. The molecule has 0 aliphatic carbocycles. The summed E-state index contributed by atoms with van der Waals surface area (Å²) in [5.41, 5.74) is 11.1. The van der Waals surface area contributed by atoms with Crippen LogP contribution in [0.15, 0.2) is 204 Å². The first kappa shape index (κ1) is 31.6. The van der Waals surface area contributed by atoms with Crippen molar-refractivity contribution in [2.24, 2.45) is 9.98 Å². The van der Waals surface area contributed by atoms with Crippen LogP contribution in [0.3, 0.4) is 0 Å². The molecule has 6 nitrogen and oxygen atoms in total. The van der Waals surface area contributed by atoms with Gasteiger partial charge < -0.3 is 14.5 Å². The zero-order valence-corrected chi connectivity index (χ0v) is 30.8. The van der Waals surface area contributed by atoms with Gasteiger partial charge in [-0.1, -0.05) is 133 Å². The highest BCUT2D eigenvalue weighted by molar-refractivity contribution is 6.18. The summed E-state index contributed by atoms with van der Waals surface area (Å²) < 4.78 is 6.97. The van der Waals surface area contributed by atoms with Crippen LogP contribution in [0.4, 0.5) is 0 Å². The molecule has 1 N–H and O–H groups in total. The Morgan fingerprint density at radius 3 is 1.39 bits per heavy atom. The number of nitrogens with zero attached hydrogens (tertiary/aromatic N) is 5. The molecule has 3 aromatic heterocycles. The van der Waals surface area contributed by atoms with E-state index < -0.39 is 6.17 Å². The van der Waals surface area contributed by atoms with E-state index in [-0.39, 0.29) is 0 Å². The molecule has 0 amide bonds. The lowest BCUT2D eigenvalue weighted by atomic mass is 10.1. The minimum Gasteiger partial charge on any atom is -0.344 e. The first-order valence-electron chi connectivity index (χ1n) is 19.4. The summed E-state index contributed by atoms with van der Waals surface area (Å²) in [5.74, 6) is 1.41. The first-order chi connectivity index (χ1) is 28.3. The lowest BCUT2D eigenvalue weighted by molar-refractivity contribution is 0.668. The summed E-state index contributed by atoms with van der Waals surface area (Å²) in [4.78, 5) is 10.7. The fourth-order valence-corrected chi connectivity index (χ4v) is 9.00. The number of amidine groups is 1. The predicted molar refractivity (Wildman–Crippen MR) is 236 cm³/mol. The second-order valence-electron chi connectivity index (χ2n) is 14.7. The third kappa shape index (κ3) is 4.84. The topological polar surface area (TPSA) is 51.5 Å². The summed E-state index contributed by atoms with van der Waals surface area (Å²) >= 11 is 0. The molecule has 12 rings (SSSR count). The van der Waals surface area contributed by atoms with Gasteiger partial charge in [0.25, 0.3) is 0 Å². The number of fused-ring (bicyclic) bond motifs is 9. The van der Waals surface area contributed by atoms with Gasteiger partial charge in [0.05, 0.1) is 33.1 Å². The van der Waals surface area contributed by atoms with Gasteiger partial charge in [-0.15, -0.1) is 0 Å². The number of aromatic nitrogens is 3. The lowest BCUT2D eigenvalue weighted by Crippen LogP contribution is -2.35. The Balaban J connectivity index is 1.05. The number of hydrogen-bond donors (Lipinski definition) is 1. The molecule has 6 heteroatoms. The van der Waals surface area contributed by atoms with E-state index in [9.17, 15) is 0 Å². The zero-order valence-electron chi connectivity index (χ0n) is 30.8. The molecule has 1 atom stereocenters. The van der Waals surface area contributed by atoms with Gasteiger partial charge in [0.2, 0.25) is 5.96 Å². The van der Waals surface area contributed by atoms with E-state index in [1.165, 1.54) is 43.6 Å². The summed E-state index contributed by atoms with van der Waals surface area (Å²) in [6.45, 7) is 0. The van der Waals surface area contributed by atoms with Crippen LogP contribution in [0.25, 0.3) is 76.8 Å². The summed E-state index contributed by atoms with van der Waals surface area (Å²) in [5, 5.41) is 11.0. The molecule has 0 fully saturated rings. The molecule has 11 aromatic rings. The Kier molecular flexibility index (Phi) is 6.89. The molecule has 0 spiro atoms.